The van der Waals surface area contributed by atoms with Crippen LogP contribution in [0.3, 0.4) is 0 Å². The van der Waals surface area contributed by atoms with Crippen molar-refractivity contribution in [2.45, 2.75) is 71.8 Å². The van der Waals surface area contributed by atoms with Crippen molar-refractivity contribution in [3.8, 4) is 17.2 Å². The van der Waals surface area contributed by atoms with Crippen LogP contribution < -0.4 is 19.5 Å². The Kier molecular flexibility index (Phi) is 8.97. The molecular weight excluding hydrogens is 510 g/mol. The summed E-state index contributed by atoms with van der Waals surface area (Å²) in [6.07, 6.45) is 1.30. The summed E-state index contributed by atoms with van der Waals surface area (Å²) in [5.41, 5.74) is 4.10. The zero-order valence-corrected chi connectivity index (χ0v) is 24.0. The van der Waals surface area contributed by atoms with Gasteiger partial charge in [-0.25, -0.2) is 4.79 Å². The van der Waals surface area contributed by atoms with Crippen molar-refractivity contribution in [2.24, 2.45) is 0 Å². The summed E-state index contributed by atoms with van der Waals surface area (Å²) < 4.78 is 22.2. The molecule has 1 heterocycles. The van der Waals surface area contributed by atoms with Crippen molar-refractivity contribution in [2.75, 3.05) is 13.7 Å². The van der Waals surface area contributed by atoms with Gasteiger partial charge in [0.25, 0.3) is 0 Å². The normalized spacial score (nSPS) is 19.4. The largest absolute Gasteiger partial charge is 0.497 e. The SMILES string of the molecule is CCOc1cc(C2C(C(=O)OC(C)CC)=C(C)NC3=C2C(=O)CC(c2ccc(OC)cc2)C3)ccc1OC(C)=O. The van der Waals surface area contributed by atoms with E-state index in [9.17, 15) is 14.4 Å². The van der Waals surface area contributed by atoms with Crippen LogP contribution >= 0.6 is 0 Å². The van der Waals surface area contributed by atoms with Gasteiger partial charge in [-0.2, -0.15) is 0 Å². The van der Waals surface area contributed by atoms with Crippen LogP contribution in [0.5, 0.6) is 17.2 Å². The van der Waals surface area contributed by atoms with E-state index in [1.54, 1.807) is 25.3 Å². The molecule has 2 aliphatic rings. The number of benzene rings is 2. The Labute approximate surface area is 235 Å². The highest BCUT2D eigenvalue weighted by atomic mass is 16.6. The maximum absolute atomic E-state index is 13.9. The van der Waals surface area contributed by atoms with E-state index in [1.165, 1.54) is 6.92 Å². The van der Waals surface area contributed by atoms with E-state index in [0.29, 0.717) is 54.0 Å². The van der Waals surface area contributed by atoms with Crippen LogP contribution in [-0.2, 0) is 19.1 Å². The van der Waals surface area contributed by atoms with Gasteiger partial charge in [-0.1, -0.05) is 25.1 Å². The third-order valence-corrected chi connectivity index (χ3v) is 7.37. The van der Waals surface area contributed by atoms with Crippen LogP contribution in [-0.4, -0.2) is 37.5 Å². The standard InChI is InChI=1S/C32H37NO7/c1-7-18(3)39-32(36)29-19(4)33-25-15-23(21-9-12-24(37-6)13-10-21)16-26(35)31(25)30(29)22-11-14-27(40-20(5)34)28(17-22)38-8-2/h9-14,17-18,23,30,33H,7-8,15-16H2,1-6H3. The van der Waals surface area contributed by atoms with Crippen LogP contribution in [0.4, 0.5) is 0 Å². The van der Waals surface area contributed by atoms with Gasteiger partial charge in [0.15, 0.2) is 17.3 Å². The quantitative estimate of drug-likeness (QED) is 0.314. The maximum Gasteiger partial charge on any atom is 0.337 e. The first-order valence-corrected chi connectivity index (χ1v) is 13.7. The number of rotatable bonds is 9. The lowest BCUT2D eigenvalue weighted by atomic mass is 9.71. The highest BCUT2D eigenvalue weighted by molar-refractivity contribution is 6.04. The monoisotopic (exact) mass is 547 g/mol. The molecule has 3 atom stereocenters. The van der Waals surface area contributed by atoms with Crippen molar-refractivity contribution < 1.29 is 33.3 Å². The van der Waals surface area contributed by atoms with Crippen molar-refractivity contribution in [3.05, 3.63) is 76.1 Å². The lowest BCUT2D eigenvalue weighted by Crippen LogP contribution is -2.36. The summed E-state index contributed by atoms with van der Waals surface area (Å²) >= 11 is 0. The molecule has 3 unspecified atom stereocenters. The number of hydrogen-bond donors (Lipinski definition) is 1. The van der Waals surface area contributed by atoms with E-state index in [2.05, 4.69) is 5.32 Å². The molecular formula is C32H37NO7. The summed E-state index contributed by atoms with van der Waals surface area (Å²) in [6, 6.07) is 12.9. The second-order valence-corrected chi connectivity index (χ2v) is 10.1. The number of nitrogens with one attached hydrogen (secondary N) is 1. The van der Waals surface area contributed by atoms with Gasteiger partial charge in [0.1, 0.15) is 5.75 Å². The van der Waals surface area contributed by atoms with Gasteiger partial charge in [-0.3, -0.25) is 9.59 Å². The first-order valence-electron chi connectivity index (χ1n) is 13.7. The molecule has 0 saturated heterocycles. The molecule has 0 fully saturated rings. The van der Waals surface area contributed by atoms with Crippen LogP contribution in [0.2, 0.25) is 0 Å². The second-order valence-electron chi connectivity index (χ2n) is 10.1. The molecule has 40 heavy (non-hydrogen) atoms. The average Bonchev–Trinajstić information content (AvgIpc) is 2.92. The summed E-state index contributed by atoms with van der Waals surface area (Å²) in [5.74, 6) is -0.262. The van der Waals surface area contributed by atoms with Crippen LogP contribution in [0, 0.1) is 0 Å². The van der Waals surface area contributed by atoms with Gasteiger partial charge in [0, 0.05) is 36.2 Å². The molecule has 2 aromatic carbocycles. The highest BCUT2D eigenvalue weighted by Gasteiger charge is 2.42. The van der Waals surface area contributed by atoms with E-state index in [0.717, 1.165) is 17.0 Å². The molecule has 0 aromatic heterocycles. The molecule has 0 amide bonds. The topological polar surface area (TPSA) is 100 Å². The van der Waals surface area contributed by atoms with Gasteiger partial charge in [-0.15, -0.1) is 0 Å². The zero-order chi connectivity index (χ0) is 29.0. The number of dihydropyridines is 1. The molecule has 2 aromatic rings. The van der Waals surface area contributed by atoms with Crippen molar-refractivity contribution in [1.29, 1.82) is 0 Å². The van der Waals surface area contributed by atoms with E-state index in [-0.39, 0.29) is 23.6 Å². The smallest absolute Gasteiger partial charge is 0.337 e. The molecule has 1 N–H and O–H groups in total. The Morgan fingerprint density at radius 2 is 1.73 bits per heavy atom. The predicted octanol–water partition coefficient (Wildman–Crippen LogP) is 5.72. The third kappa shape index (κ3) is 6.06. The Morgan fingerprint density at radius 3 is 2.35 bits per heavy atom. The minimum atomic E-state index is -0.664. The number of methoxy groups -OCH3 is 1. The molecule has 8 heteroatoms. The molecule has 0 saturated carbocycles. The molecule has 4 rings (SSSR count). The predicted molar refractivity (Wildman–Crippen MR) is 150 cm³/mol. The number of carbonyl (C=O) groups excluding carboxylic acids is 3. The summed E-state index contributed by atoms with van der Waals surface area (Å²) in [4.78, 5) is 39.1. The van der Waals surface area contributed by atoms with Gasteiger partial charge >= 0.3 is 11.9 Å². The van der Waals surface area contributed by atoms with Gasteiger partial charge in [0.2, 0.25) is 0 Å². The highest BCUT2D eigenvalue weighted by Crippen LogP contribution is 2.47. The van der Waals surface area contributed by atoms with Crippen molar-refractivity contribution in [3.63, 3.8) is 0 Å². The number of Topliss-reactive ketones (excluding diaryl/α,β-unsaturated/α-hetero) is 1. The first-order chi connectivity index (χ1) is 19.2. The van der Waals surface area contributed by atoms with Crippen LogP contribution in [0.15, 0.2) is 65.0 Å². The molecule has 1 aliphatic heterocycles. The number of allylic oxidation sites excluding steroid dienone is 3. The molecule has 212 valence electrons. The van der Waals surface area contributed by atoms with Crippen LogP contribution in [0.25, 0.3) is 0 Å². The van der Waals surface area contributed by atoms with Crippen molar-refractivity contribution in [1.82, 2.24) is 5.32 Å². The number of ketones is 1. The van der Waals surface area contributed by atoms with E-state index >= 15 is 0 Å². The minimum absolute atomic E-state index is 0.0166. The zero-order valence-electron chi connectivity index (χ0n) is 24.0. The average molecular weight is 548 g/mol. The fraction of sp³-hybridized carbons (Fsp3) is 0.406. The molecule has 1 aliphatic carbocycles. The molecule has 0 radical (unpaired) electrons. The fourth-order valence-electron chi connectivity index (χ4n) is 5.30. The Bertz CT molecular complexity index is 1360. The maximum atomic E-state index is 13.9. The Morgan fingerprint density at radius 1 is 1.02 bits per heavy atom. The fourth-order valence-corrected chi connectivity index (χ4v) is 5.30. The number of ether oxygens (including phenoxy) is 4. The molecule has 8 nitrogen and oxygen atoms in total. The Hall–Kier alpha value is -4.07. The van der Waals surface area contributed by atoms with Crippen LogP contribution in [0.1, 0.15) is 76.8 Å². The van der Waals surface area contributed by atoms with Gasteiger partial charge < -0.3 is 24.3 Å². The van der Waals surface area contributed by atoms with E-state index in [1.807, 2.05) is 52.0 Å². The lowest BCUT2D eigenvalue weighted by molar-refractivity contribution is -0.144. The number of hydrogen-bond acceptors (Lipinski definition) is 8. The third-order valence-electron chi connectivity index (χ3n) is 7.37. The number of carbonyl (C=O) groups is 3. The molecule has 0 bridgehead atoms. The minimum Gasteiger partial charge on any atom is -0.497 e. The number of esters is 2. The van der Waals surface area contributed by atoms with Crippen molar-refractivity contribution >= 4 is 17.7 Å². The Balaban J connectivity index is 1.81. The lowest BCUT2D eigenvalue weighted by Gasteiger charge is -2.37. The van der Waals surface area contributed by atoms with Gasteiger partial charge in [-0.05, 0) is 74.9 Å². The first kappa shape index (κ1) is 28.9. The van der Waals surface area contributed by atoms with E-state index < -0.39 is 17.9 Å². The molecule has 0 spiro atoms. The van der Waals surface area contributed by atoms with E-state index in [4.69, 9.17) is 18.9 Å². The second kappa shape index (κ2) is 12.4. The summed E-state index contributed by atoms with van der Waals surface area (Å²) in [6.45, 7) is 9.12. The summed E-state index contributed by atoms with van der Waals surface area (Å²) in [5, 5.41) is 3.38. The summed E-state index contributed by atoms with van der Waals surface area (Å²) in [7, 11) is 1.62. The van der Waals surface area contributed by atoms with Gasteiger partial charge in [0.05, 0.1) is 25.4 Å².